The highest BCUT2D eigenvalue weighted by Crippen LogP contribution is 2.31. The summed E-state index contributed by atoms with van der Waals surface area (Å²) in [5.41, 5.74) is 6.85. The number of halogens is 1. The highest BCUT2D eigenvalue weighted by molar-refractivity contribution is 14.1. The number of hydrogen-bond acceptors (Lipinski definition) is 3. The van der Waals surface area contributed by atoms with Crippen LogP contribution in [0.1, 0.15) is 19.3 Å². The van der Waals surface area contributed by atoms with Gasteiger partial charge in [-0.3, -0.25) is 0 Å². The van der Waals surface area contributed by atoms with Crippen LogP contribution in [0.3, 0.4) is 0 Å². The molecule has 1 fully saturated rings. The third-order valence-electron chi connectivity index (χ3n) is 3.32. The van der Waals surface area contributed by atoms with Crippen molar-refractivity contribution in [1.82, 2.24) is 14.5 Å². The van der Waals surface area contributed by atoms with Gasteiger partial charge in [0.25, 0.3) is 0 Å². The molecule has 2 heterocycles. The first-order valence-corrected chi connectivity index (χ1v) is 6.58. The minimum absolute atomic E-state index is 0.585. The maximum atomic E-state index is 5.88. The smallest absolute Gasteiger partial charge is 0.146 e. The molecule has 1 aliphatic carbocycles. The molecule has 16 heavy (non-hydrogen) atoms. The number of hydrogen-bond donors (Lipinski definition) is 1. The zero-order chi connectivity index (χ0) is 11.1. The van der Waals surface area contributed by atoms with Crippen molar-refractivity contribution in [2.45, 2.75) is 25.8 Å². The van der Waals surface area contributed by atoms with E-state index in [-0.39, 0.29) is 0 Å². The summed E-state index contributed by atoms with van der Waals surface area (Å²) in [4.78, 5) is 8.38. The topological polar surface area (TPSA) is 56.7 Å². The van der Waals surface area contributed by atoms with E-state index in [0.717, 1.165) is 27.1 Å². The Morgan fingerprint density at radius 3 is 2.94 bits per heavy atom. The molecule has 0 aromatic carbocycles. The Morgan fingerprint density at radius 1 is 1.44 bits per heavy atom. The van der Waals surface area contributed by atoms with Crippen LogP contribution in [-0.4, -0.2) is 14.5 Å². The third-order valence-corrected chi connectivity index (χ3v) is 4.13. The maximum absolute atomic E-state index is 5.88. The first-order chi connectivity index (χ1) is 7.75. The Morgan fingerprint density at radius 2 is 2.25 bits per heavy atom. The van der Waals surface area contributed by atoms with E-state index in [1.807, 2.05) is 0 Å². The van der Waals surface area contributed by atoms with E-state index in [1.165, 1.54) is 19.3 Å². The quantitative estimate of drug-likeness (QED) is 0.862. The van der Waals surface area contributed by atoms with Crippen molar-refractivity contribution < 1.29 is 0 Å². The number of nitrogen functional groups attached to an aromatic ring is 1. The molecule has 5 heteroatoms. The molecule has 2 aromatic rings. The molecule has 0 unspecified atom stereocenters. The molecule has 1 saturated carbocycles. The van der Waals surface area contributed by atoms with Crippen molar-refractivity contribution in [2.24, 2.45) is 5.92 Å². The SMILES string of the molecule is Nc1ncnc2c1c(I)cn2CC1CCC1. The Labute approximate surface area is 107 Å². The molecule has 84 valence electrons. The van der Waals surface area contributed by atoms with Gasteiger partial charge in [0.2, 0.25) is 0 Å². The van der Waals surface area contributed by atoms with Gasteiger partial charge in [-0.25, -0.2) is 9.97 Å². The van der Waals surface area contributed by atoms with E-state index >= 15 is 0 Å². The van der Waals surface area contributed by atoms with Gasteiger partial charge in [-0.2, -0.15) is 0 Å². The zero-order valence-electron chi connectivity index (χ0n) is 8.86. The second-order valence-electron chi connectivity index (χ2n) is 4.38. The summed E-state index contributed by atoms with van der Waals surface area (Å²) in [5.74, 6) is 1.41. The Hall–Kier alpha value is -0.850. The fraction of sp³-hybridized carbons (Fsp3) is 0.455. The van der Waals surface area contributed by atoms with Gasteiger partial charge in [0.05, 0.1) is 5.39 Å². The van der Waals surface area contributed by atoms with E-state index in [9.17, 15) is 0 Å². The molecule has 1 aliphatic rings. The van der Waals surface area contributed by atoms with Crippen molar-refractivity contribution >= 4 is 39.4 Å². The molecule has 0 saturated heterocycles. The maximum Gasteiger partial charge on any atom is 0.146 e. The molecule has 0 amide bonds. The number of nitrogens with zero attached hydrogens (tertiary/aromatic N) is 3. The van der Waals surface area contributed by atoms with Gasteiger partial charge in [-0.05, 0) is 41.4 Å². The van der Waals surface area contributed by atoms with Gasteiger partial charge in [-0.1, -0.05) is 6.42 Å². The standard InChI is InChI=1S/C11H13IN4/c12-8-5-16(4-7-2-1-3-7)11-9(8)10(13)14-6-15-11/h5-7H,1-4H2,(H2,13,14,15). The summed E-state index contributed by atoms with van der Waals surface area (Å²) in [6, 6.07) is 0. The van der Waals surface area contributed by atoms with Gasteiger partial charge in [-0.15, -0.1) is 0 Å². The largest absolute Gasteiger partial charge is 0.383 e. The van der Waals surface area contributed by atoms with E-state index < -0.39 is 0 Å². The fourth-order valence-electron chi connectivity index (χ4n) is 2.19. The second kappa shape index (κ2) is 3.87. The summed E-state index contributed by atoms with van der Waals surface area (Å²) in [5, 5.41) is 1.00. The molecule has 0 aliphatic heterocycles. The van der Waals surface area contributed by atoms with Gasteiger partial charge in [0, 0.05) is 16.3 Å². The first-order valence-electron chi connectivity index (χ1n) is 5.50. The molecule has 0 atom stereocenters. The monoisotopic (exact) mass is 328 g/mol. The van der Waals surface area contributed by atoms with Crippen molar-refractivity contribution in [3.8, 4) is 0 Å². The Kier molecular flexibility index (Phi) is 2.49. The molecule has 2 aromatic heterocycles. The minimum atomic E-state index is 0.585. The predicted octanol–water partition coefficient (Wildman–Crippen LogP) is 2.42. The number of aromatic nitrogens is 3. The summed E-state index contributed by atoms with van der Waals surface area (Å²) >= 11 is 2.30. The summed E-state index contributed by atoms with van der Waals surface area (Å²) in [6.45, 7) is 1.07. The predicted molar refractivity (Wildman–Crippen MR) is 72.0 cm³/mol. The van der Waals surface area contributed by atoms with Crippen molar-refractivity contribution in [2.75, 3.05) is 5.73 Å². The summed E-state index contributed by atoms with van der Waals surface area (Å²) in [6.07, 6.45) is 7.74. The van der Waals surface area contributed by atoms with Crippen LogP contribution < -0.4 is 5.73 Å². The lowest BCUT2D eigenvalue weighted by atomic mass is 9.85. The van der Waals surface area contributed by atoms with Crippen LogP contribution in [0.15, 0.2) is 12.5 Å². The number of nitrogens with two attached hydrogens (primary N) is 1. The van der Waals surface area contributed by atoms with Crippen LogP contribution in [0, 0.1) is 9.49 Å². The van der Waals surface area contributed by atoms with Crippen LogP contribution in [0.25, 0.3) is 11.0 Å². The first kappa shape index (κ1) is 10.3. The molecular formula is C11H13IN4. The van der Waals surface area contributed by atoms with Gasteiger partial charge in [0.15, 0.2) is 0 Å². The lowest BCUT2D eigenvalue weighted by Crippen LogP contribution is -2.17. The van der Waals surface area contributed by atoms with Gasteiger partial charge >= 0.3 is 0 Å². The average Bonchev–Trinajstić information content (AvgIpc) is 2.51. The molecule has 0 radical (unpaired) electrons. The highest BCUT2D eigenvalue weighted by Gasteiger charge is 2.20. The van der Waals surface area contributed by atoms with Gasteiger partial charge < -0.3 is 10.3 Å². The van der Waals surface area contributed by atoms with E-state index in [4.69, 9.17) is 5.73 Å². The molecule has 4 nitrogen and oxygen atoms in total. The number of fused-ring (bicyclic) bond motifs is 1. The van der Waals surface area contributed by atoms with E-state index in [1.54, 1.807) is 6.33 Å². The lowest BCUT2D eigenvalue weighted by Gasteiger charge is -2.25. The molecular weight excluding hydrogens is 315 g/mol. The third kappa shape index (κ3) is 1.57. The lowest BCUT2D eigenvalue weighted by molar-refractivity contribution is 0.279. The van der Waals surface area contributed by atoms with Crippen LogP contribution in [0.2, 0.25) is 0 Å². The second-order valence-corrected chi connectivity index (χ2v) is 5.55. The Bertz CT molecular complexity index is 530. The van der Waals surface area contributed by atoms with E-state index in [0.29, 0.717) is 5.82 Å². The van der Waals surface area contributed by atoms with Crippen molar-refractivity contribution in [3.05, 3.63) is 16.1 Å². The van der Waals surface area contributed by atoms with Crippen LogP contribution >= 0.6 is 22.6 Å². The molecule has 2 N–H and O–H groups in total. The minimum Gasteiger partial charge on any atom is -0.383 e. The Balaban J connectivity index is 2.07. The molecule has 0 bridgehead atoms. The summed E-state index contributed by atoms with van der Waals surface area (Å²) < 4.78 is 3.36. The van der Waals surface area contributed by atoms with Gasteiger partial charge in [0.1, 0.15) is 17.8 Å². The number of anilines is 1. The van der Waals surface area contributed by atoms with Crippen LogP contribution in [-0.2, 0) is 6.54 Å². The summed E-state index contributed by atoms with van der Waals surface area (Å²) in [7, 11) is 0. The zero-order valence-corrected chi connectivity index (χ0v) is 11.0. The molecule has 3 rings (SSSR count). The number of rotatable bonds is 2. The van der Waals surface area contributed by atoms with Crippen molar-refractivity contribution in [1.29, 1.82) is 0 Å². The van der Waals surface area contributed by atoms with Crippen LogP contribution in [0.5, 0.6) is 0 Å². The normalized spacial score (nSPS) is 16.6. The fourth-order valence-corrected chi connectivity index (χ4v) is 3.05. The van der Waals surface area contributed by atoms with Crippen molar-refractivity contribution in [3.63, 3.8) is 0 Å². The van der Waals surface area contributed by atoms with E-state index in [2.05, 4.69) is 43.3 Å². The van der Waals surface area contributed by atoms with Crippen LogP contribution in [0.4, 0.5) is 5.82 Å². The molecule has 0 spiro atoms. The average molecular weight is 328 g/mol. The highest BCUT2D eigenvalue weighted by atomic mass is 127.